The van der Waals surface area contributed by atoms with E-state index >= 15 is 0 Å². The van der Waals surface area contributed by atoms with Crippen LogP contribution in [-0.4, -0.2) is 53.9 Å². The molecule has 2 aromatic rings. The van der Waals surface area contributed by atoms with Crippen LogP contribution in [0.5, 0.6) is 0 Å². The number of esters is 1. The molecule has 1 unspecified atom stereocenters. The summed E-state index contributed by atoms with van der Waals surface area (Å²) in [6, 6.07) is 5.60. The van der Waals surface area contributed by atoms with Crippen LogP contribution < -0.4 is 9.80 Å². The van der Waals surface area contributed by atoms with Gasteiger partial charge in [-0.05, 0) is 24.6 Å². The van der Waals surface area contributed by atoms with E-state index in [2.05, 4.69) is 9.97 Å². The van der Waals surface area contributed by atoms with E-state index in [-0.39, 0.29) is 13.3 Å². The summed E-state index contributed by atoms with van der Waals surface area (Å²) in [5.41, 5.74) is 2.37. The summed E-state index contributed by atoms with van der Waals surface area (Å²) in [6.07, 6.45) is 6.07. The second kappa shape index (κ2) is 8.49. The van der Waals surface area contributed by atoms with Crippen molar-refractivity contribution in [3.63, 3.8) is 0 Å². The van der Waals surface area contributed by atoms with E-state index in [0.717, 1.165) is 11.4 Å². The molecule has 8 nitrogen and oxygen atoms in total. The number of aromatic nitrogens is 2. The Labute approximate surface area is 166 Å². The molecule has 1 atom stereocenters. The number of carbonyl (C=O) groups excluding carboxylic acids is 1. The fourth-order valence-electron chi connectivity index (χ4n) is 3.04. The molecule has 0 fully saturated rings. The van der Waals surface area contributed by atoms with Crippen molar-refractivity contribution in [3.8, 4) is 0 Å². The number of hydrogen-bond acceptors (Lipinski definition) is 8. The quantitative estimate of drug-likeness (QED) is 0.538. The third kappa shape index (κ3) is 3.76. The van der Waals surface area contributed by atoms with Gasteiger partial charge in [0.2, 0.25) is 0 Å². The molecule has 148 valence electrons. The Bertz CT molecular complexity index is 947. The molecule has 1 aliphatic rings. The Balaban J connectivity index is 2.12. The number of hydrogen-bond donors (Lipinski definition) is 0. The molecule has 28 heavy (non-hydrogen) atoms. The molecule has 0 bridgehead atoms. The average Bonchev–Trinajstić information content (AvgIpc) is 2.69. The van der Waals surface area contributed by atoms with Crippen LogP contribution in [0.15, 0.2) is 36.7 Å². The lowest BCUT2D eigenvalue weighted by molar-refractivity contribution is -0.137. The Morgan fingerprint density at radius 2 is 1.93 bits per heavy atom. The van der Waals surface area contributed by atoms with Crippen LogP contribution in [0.25, 0.3) is 4.91 Å². The van der Waals surface area contributed by atoms with Crippen molar-refractivity contribution in [2.75, 3.05) is 43.6 Å². The van der Waals surface area contributed by atoms with Gasteiger partial charge in [-0.1, -0.05) is 6.07 Å². The Hall–Kier alpha value is -2.78. The highest BCUT2D eigenvalue weighted by Crippen LogP contribution is 2.45. The summed E-state index contributed by atoms with van der Waals surface area (Å²) in [6.45, 7) is 2.25. The zero-order chi connectivity index (χ0) is 20.3. The lowest BCUT2D eigenvalue weighted by Crippen LogP contribution is -2.30. The van der Waals surface area contributed by atoms with Gasteiger partial charge in [0.1, 0.15) is 6.73 Å². The van der Waals surface area contributed by atoms with Gasteiger partial charge in [0.15, 0.2) is 11.6 Å². The predicted molar refractivity (Wildman–Crippen MR) is 109 cm³/mol. The molecule has 0 amide bonds. The van der Waals surface area contributed by atoms with Crippen molar-refractivity contribution in [3.05, 3.63) is 42.2 Å². The second-order valence-electron chi connectivity index (χ2n) is 6.03. The van der Waals surface area contributed by atoms with Crippen molar-refractivity contribution in [2.45, 2.75) is 6.92 Å². The first-order valence-electron chi connectivity index (χ1n) is 8.65. The molecule has 9 heteroatoms. The molecule has 0 saturated heterocycles. The molecular weight excluding hydrogens is 380 g/mol. The topological polar surface area (TPSA) is 84.9 Å². The van der Waals surface area contributed by atoms with Crippen molar-refractivity contribution in [1.82, 2.24) is 9.97 Å². The van der Waals surface area contributed by atoms with Crippen molar-refractivity contribution < 1.29 is 18.5 Å². The number of methoxy groups -OCH3 is 1. The number of fused-ring (bicyclic) bond motifs is 2. The fourth-order valence-corrected chi connectivity index (χ4v) is 3.76. The van der Waals surface area contributed by atoms with Crippen molar-refractivity contribution in [1.29, 1.82) is 0 Å². The van der Waals surface area contributed by atoms with Gasteiger partial charge in [0.05, 0.1) is 33.7 Å². The molecule has 0 radical (unpaired) electrons. The van der Waals surface area contributed by atoms with Gasteiger partial charge in [-0.25, -0.2) is 14.8 Å². The minimum absolute atomic E-state index is 0.255. The number of ether oxygens (including phenoxy) is 2. The van der Waals surface area contributed by atoms with E-state index in [0.29, 0.717) is 22.1 Å². The molecular formula is C19H22N4O4S. The SMILES string of the molecule is CCOC(=O)/C=C(/c1ccc2c(c1)N(COC)c1nccnc1N2C)S(C)=O. The van der Waals surface area contributed by atoms with E-state index < -0.39 is 16.8 Å². The molecule has 0 aliphatic carbocycles. The van der Waals surface area contributed by atoms with E-state index in [9.17, 15) is 9.00 Å². The summed E-state index contributed by atoms with van der Waals surface area (Å²) in [5, 5.41) is 0. The van der Waals surface area contributed by atoms with Gasteiger partial charge in [-0.15, -0.1) is 0 Å². The summed E-state index contributed by atoms with van der Waals surface area (Å²) in [5.74, 6) is 0.846. The molecule has 1 aliphatic heterocycles. The Kier molecular flexibility index (Phi) is 6.05. The van der Waals surface area contributed by atoms with Gasteiger partial charge in [0, 0.05) is 38.9 Å². The first-order chi connectivity index (χ1) is 13.5. The van der Waals surface area contributed by atoms with Gasteiger partial charge in [-0.2, -0.15) is 0 Å². The summed E-state index contributed by atoms with van der Waals surface area (Å²) < 4.78 is 22.6. The third-order valence-electron chi connectivity index (χ3n) is 4.25. The normalized spacial score (nSPS) is 14.4. The maximum atomic E-state index is 12.3. The highest BCUT2D eigenvalue weighted by atomic mass is 32.2. The molecule has 3 rings (SSSR count). The van der Waals surface area contributed by atoms with E-state index in [1.54, 1.807) is 26.4 Å². The van der Waals surface area contributed by atoms with Gasteiger partial charge in [0.25, 0.3) is 0 Å². The molecule has 0 saturated carbocycles. The number of nitrogens with zero attached hydrogens (tertiary/aromatic N) is 4. The van der Waals surface area contributed by atoms with Crippen LogP contribution in [0.3, 0.4) is 0 Å². The largest absolute Gasteiger partial charge is 0.463 e. The smallest absolute Gasteiger partial charge is 0.331 e. The highest BCUT2D eigenvalue weighted by molar-refractivity contribution is 7.93. The number of carbonyl (C=O) groups is 1. The van der Waals surface area contributed by atoms with Crippen LogP contribution in [-0.2, 0) is 25.1 Å². The molecule has 0 N–H and O–H groups in total. The van der Waals surface area contributed by atoms with E-state index in [1.165, 1.54) is 12.3 Å². The monoisotopic (exact) mass is 402 g/mol. The van der Waals surface area contributed by atoms with Crippen molar-refractivity contribution in [2.24, 2.45) is 0 Å². The predicted octanol–water partition coefficient (Wildman–Crippen LogP) is 2.58. The summed E-state index contributed by atoms with van der Waals surface area (Å²) in [7, 11) is 2.13. The van der Waals surface area contributed by atoms with Crippen molar-refractivity contribution >= 4 is 44.7 Å². The molecule has 1 aromatic heterocycles. The van der Waals surface area contributed by atoms with Gasteiger partial charge < -0.3 is 14.4 Å². The summed E-state index contributed by atoms with van der Waals surface area (Å²) >= 11 is 0. The van der Waals surface area contributed by atoms with Crippen LogP contribution >= 0.6 is 0 Å². The lowest BCUT2D eigenvalue weighted by Gasteiger charge is -2.36. The zero-order valence-corrected chi connectivity index (χ0v) is 17.0. The number of benzene rings is 1. The first-order valence-corrected chi connectivity index (χ1v) is 10.2. The lowest BCUT2D eigenvalue weighted by atomic mass is 10.1. The second-order valence-corrected chi connectivity index (χ2v) is 7.37. The minimum atomic E-state index is -1.38. The molecule has 0 spiro atoms. The van der Waals surface area contributed by atoms with E-state index in [4.69, 9.17) is 9.47 Å². The van der Waals surface area contributed by atoms with E-state index in [1.807, 2.05) is 35.0 Å². The van der Waals surface area contributed by atoms with Crippen LogP contribution in [0.2, 0.25) is 0 Å². The van der Waals surface area contributed by atoms with Gasteiger partial charge >= 0.3 is 5.97 Å². The fraction of sp³-hybridized carbons (Fsp3) is 0.316. The molecule has 2 heterocycles. The maximum absolute atomic E-state index is 12.3. The standard InChI is InChI=1S/C19H22N4O4S/c1-5-27-17(24)11-16(28(4)25)13-6-7-14-15(10-13)23(12-26-3)19-18(22(14)2)20-8-9-21-19/h6-11H,5,12H2,1-4H3/b16-11-. The first kappa shape index (κ1) is 20.0. The third-order valence-corrected chi connectivity index (χ3v) is 5.22. The van der Waals surface area contributed by atoms with Crippen LogP contribution in [0.4, 0.5) is 23.0 Å². The van der Waals surface area contributed by atoms with Crippen LogP contribution in [0.1, 0.15) is 12.5 Å². The summed E-state index contributed by atoms with van der Waals surface area (Å²) in [4.78, 5) is 25.0. The van der Waals surface area contributed by atoms with Gasteiger partial charge in [-0.3, -0.25) is 9.11 Å². The minimum Gasteiger partial charge on any atom is -0.463 e. The number of anilines is 4. The zero-order valence-electron chi connectivity index (χ0n) is 16.2. The highest BCUT2D eigenvalue weighted by Gasteiger charge is 2.29. The average molecular weight is 402 g/mol. The molecule has 1 aromatic carbocycles. The Morgan fingerprint density at radius 1 is 1.21 bits per heavy atom. The number of rotatable bonds is 6. The van der Waals surface area contributed by atoms with Crippen LogP contribution in [0, 0.1) is 0 Å². The Morgan fingerprint density at radius 3 is 2.57 bits per heavy atom. The maximum Gasteiger partial charge on any atom is 0.331 e.